The minimum Gasteiger partial charge on any atom is -0.490 e. The second-order valence-corrected chi connectivity index (χ2v) is 7.20. The first kappa shape index (κ1) is 14.2. The molecule has 1 N–H and O–H groups in total. The first-order chi connectivity index (χ1) is 9.52. The lowest BCUT2D eigenvalue weighted by Crippen LogP contribution is -2.35. The fourth-order valence-corrected chi connectivity index (χ4v) is 3.99. The lowest BCUT2D eigenvalue weighted by molar-refractivity contribution is 0.0273. The van der Waals surface area contributed by atoms with Crippen LogP contribution in [0.5, 0.6) is 5.75 Å². The SMILES string of the molecule is CC1=CC(C)CC(C2C[C@H](O)c3cc(Br)ccc3O2)C1. The molecular formula is C17H21BrO2. The molecule has 0 saturated heterocycles. The minimum absolute atomic E-state index is 0.129. The van der Waals surface area contributed by atoms with Crippen LogP contribution in [0.4, 0.5) is 0 Å². The van der Waals surface area contributed by atoms with Gasteiger partial charge in [-0.05, 0) is 43.9 Å². The van der Waals surface area contributed by atoms with Gasteiger partial charge in [-0.2, -0.15) is 0 Å². The maximum absolute atomic E-state index is 10.4. The Morgan fingerprint density at radius 3 is 2.85 bits per heavy atom. The Morgan fingerprint density at radius 1 is 1.30 bits per heavy atom. The van der Waals surface area contributed by atoms with Crippen LogP contribution in [0, 0.1) is 11.8 Å². The average Bonchev–Trinajstić information content (AvgIpc) is 2.38. The smallest absolute Gasteiger partial charge is 0.125 e. The van der Waals surface area contributed by atoms with E-state index in [2.05, 4.69) is 35.9 Å². The van der Waals surface area contributed by atoms with E-state index in [9.17, 15) is 5.11 Å². The first-order valence-corrected chi connectivity index (χ1v) is 8.13. The number of aliphatic hydroxyl groups excluding tert-OH is 1. The molecule has 1 aliphatic carbocycles. The quantitative estimate of drug-likeness (QED) is 0.758. The molecule has 1 heterocycles. The van der Waals surface area contributed by atoms with Crippen molar-refractivity contribution in [3.8, 4) is 5.75 Å². The van der Waals surface area contributed by atoms with Gasteiger partial charge < -0.3 is 9.84 Å². The Labute approximate surface area is 129 Å². The van der Waals surface area contributed by atoms with Crippen molar-refractivity contribution in [3.05, 3.63) is 39.9 Å². The van der Waals surface area contributed by atoms with Gasteiger partial charge in [0.25, 0.3) is 0 Å². The van der Waals surface area contributed by atoms with Crippen molar-refractivity contribution in [2.75, 3.05) is 0 Å². The molecule has 0 radical (unpaired) electrons. The van der Waals surface area contributed by atoms with Crippen LogP contribution in [0.15, 0.2) is 34.3 Å². The molecule has 0 fully saturated rings. The van der Waals surface area contributed by atoms with E-state index < -0.39 is 6.10 Å². The second-order valence-electron chi connectivity index (χ2n) is 6.28. The maximum atomic E-state index is 10.4. The number of hydrogen-bond donors (Lipinski definition) is 1. The molecule has 0 saturated carbocycles. The second kappa shape index (κ2) is 5.53. The van der Waals surface area contributed by atoms with Gasteiger partial charge in [0, 0.05) is 22.4 Å². The largest absolute Gasteiger partial charge is 0.490 e. The van der Waals surface area contributed by atoms with Crippen LogP contribution in [0.25, 0.3) is 0 Å². The molecule has 0 aromatic heterocycles. The van der Waals surface area contributed by atoms with E-state index in [1.807, 2.05) is 18.2 Å². The van der Waals surface area contributed by atoms with Crippen molar-refractivity contribution in [1.29, 1.82) is 0 Å². The van der Waals surface area contributed by atoms with Crippen LogP contribution in [0.1, 0.15) is 44.8 Å². The molecule has 0 amide bonds. The summed E-state index contributed by atoms with van der Waals surface area (Å²) in [6, 6.07) is 5.90. The lowest BCUT2D eigenvalue weighted by atomic mass is 9.78. The fourth-order valence-electron chi connectivity index (χ4n) is 3.61. The zero-order chi connectivity index (χ0) is 14.3. The molecule has 1 aromatic rings. The number of rotatable bonds is 1. The van der Waals surface area contributed by atoms with Crippen LogP contribution in [0.2, 0.25) is 0 Å². The molecule has 3 rings (SSSR count). The average molecular weight is 337 g/mol. The summed E-state index contributed by atoms with van der Waals surface area (Å²) in [5.74, 6) is 1.97. The summed E-state index contributed by atoms with van der Waals surface area (Å²) in [6.07, 6.45) is 5.02. The van der Waals surface area contributed by atoms with Gasteiger partial charge in [0.15, 0.2) is 0 Å². The van der Waals surface area contributed by atoms with Crippen molar-refractivity contribution in [2.24, 2.45) is 11.8 Å². The van der Waals surface area contributed by atoms with Gasteiger partial charge in [0.2, 0.25) is 0 Å². The molecule has 2 aliphatic rings. The molecule has 3 heteroatoms. The molecule has 0 spiro atoms. The Morgan fingerprint density at radius 2 is 2.10 bits per heavy atom. The number of fused-ring (bicyclic) bond motifs is 1. The van der Waals surface area contributed by atoms with Gasteiger partial charge in [-0.15, -0.1) is 0 Å². The number of hydrogen-bond acceptors (Lipinski definition) is 2. The monoisotopic (exact) mass is 336 g/mol. The predicted octanol–water partition coefficient (Wildman–Crippen LogP) is 4.63. The highest BCUT2D eigenvalue weighted by molar-refractivity contribution is 9.10. The van der Waals surface area contributed by atoms with E-state index >= 15 is 0 Å². The summed E-state index contributed by atoms with van der Waals surface area (Å²) in [5, 5.41) is 10.4. The van der Waals surface area contributed by atoms with E-state index in [-0.39, 0.29) is 6.10 Å². The van der Waals surface area contributed by atoms with Crippen molar-refractivity contribution < 1.29 is 9.84 Å². The number of allylic oxidation sites excluding steroid dienone is 2. The van der Waals surface area contributed by atoms with E-state index in [1.165, 1.54) is 5.57 Å². The molecule has 108 valence electrons. The molecule has 1 aliphatic heterocycles. The first-order valence-electron chi connectivity index (χ1n) is 7.34. The predicted molar refractivity (Wildman–Crippen MR) is 83.8 cm³/mol. The van der Waals surface area contributed by atoms with Crippen molar-refractivity contribution >= 4 is 15.9 Å². The summed E-state index contributed by atoms with van der Waals surface area (Å²) in [5.41, 5.74) is 2.36. The molecule has 1 aromatic carbocycles. The van der Waals surface area contributed by atoms with Gasteiger partial charge in [0.05, 0.1) is 6.10 Å². The normalized spacial score (nSPS) is 33.1. The standard InChI is InChI=1S/C17H21BrO2/c1-10-5-11(2)7-12(6-10)17-9-15(19)14-8-13(18)3-4-16(14)20-17/h3-5,8,10,12,15,17,19H,6-7,9H2,1-2H3/t10?,12?,15-,17?/m0/s1. The van der Waals surface area contributed by atoms with E-state index in [1.54, 1.807) is 0 Å². The summed E-state index contributed by atoms with van der Waals surface area (Å²) < 4.78 is 7.17. The number of aliphatic hydroxyl groups is 1. The Balaban J connectivity index is 1.81. The Hall–Kier alpha value is -0.800. The minimum atomic E-state index is -0.414. The molecule has 0 bridgehead atoms. The van der Waals surface area contributed by atoms with Crippen LogP contribution >= 0.6 is 15.9 Å². The van der Waals surface area contributed by atoms with Gasteiger partial charge in [-0.3, -0.25) is 0 Å². The third-order valence-corrected chi connectivity index (χ3v) is 4.91. The van der Waals surface area contributed by atoms with Gasteiger partial charge >= 0.3 is 0 Å². The highest BCUT2D eigenvalue weighted by atomic mass is 79.9. The third-order valence-electron chi connectivity index (χ3n) is 4.42. The van der Waals surface area contributed by atoms with E-state index in [4.69, 9.17) is 4.74 Å². The highest BCUT2D eigenvalue weighted by Crippen LogP contribution is 2.42. The van der Waals surface area contributed by atoms with Gasteiger partial charge in [-0.25, -0.2) is 0 Å². The van der Waals surface area contributed by atoms with Crippen LogP contribution in [-0.2, 0) is 0 Å². The maximum Gasteiger partial charge on any atom is 0.125 e. The topological polar surface area (TPSA) is 29.5 Å². The molecule has 20 heavy (non-hydrogen) atoms. The van der Waals surface area contributed by atoms with Crippen molar-refractivity contribution in [2.45, 2.75) is 45.3 Å². The summed E-state index contributed by atoms with van der Waals surface area (Å²) in [4.78, 5) is 0. The Kier molecular flexibility index (Phi) is 3.91. The van der Waals surface area contributed by atoms with E-state index in [0.717, 1.165) is 28.6 Å². The third kappa shape index (κ3) is 2.79. The number of halogens is 1. The van der Waals surface area contributed by atoms with Crippen LogP contribution < -0.4 is 4.74 Å². The lowest BCUT2D eigenvalue weighted by Gasteiger charge is -2.37. The summed E-state index contributed by atoms with van der Waals surface area (Å²) in [6.45, 7) is 4.47. The van der Waals surface area contributed by atoms with E-state index in [0.29, 0.717) is 18.3 Å². The molecule has 4 atom stereocenters. The summed E-state index contributed by atoms with van der Waals surface area (Å²) in [7, 11) is 0. The van der Waals surface area contributed by atoms with Crippen LogP contribution in [-0.4, -0.2) is 11.2 Å². The number of ether oxygens (including phenoxy) is 1. The fraction of sp³-hybridized carbons (Fsp3) is 0.529. The number of benzene rings is 1. The zero-order valence-electron chi connectivity index (χ0n) is 12.0. The van der Waals surface area contributed by atoms with Gasteiger partial charge in [0.1, 0.15) is 11.9 Å². The van der Waals surface area contributed by atoms with Crippen molar-refractivity contribution in [1.82, 2.24) is 0 Å². The zero-order valence-corrected chi connectivity index (χ0v) is 13.6. The molecule has 2 nitrogen and oxygen atoms in total. The Bertz CT molecular complexity index is 538. The highest BCUT2D eigenvalue weighted by Gasteiger charge is 2.34. The van der Waals surface area contributed by atoms with Crippen molar-refractivity contribution in [3.63, 3.8) is 0 Å². The van der Waals surface area contributed by atoms with Gasteiger partial charge in [-0.1, -0.05) is 34.5 Å². The molecule has 3 unspecified atom stereocenters. The molecular weight excluding hydrogens is 316 g/mol. The summed E-state index contributed by atoms with van der Waals surface area (Å²) >= 11 is 3.45. The van der Waals surface area contributed by atoms with Crippen LogP contribution in [0.3, 0.4) is 0 Å².